The smallest absolute Gasteiger partial charge is 0.260 e. The number of aliphatic imine (C=N–C) groups is 2. The maximum Gasteiger partial charge on any atom is 0.260 e. The molecule has 0 fully saturated rings. The number of nitrogen functional groups attached to an aromatic ring is 1. The van der Waals surface area contributed by atoms with E-state index < -0.39 is 0 Å². The molecule has 4 heterocycles. The predicted molar refractivity (Wildman–Crippen MR) is 202 cm³/mol. The zero-order valence-corrected chi connectivity index (χ0v) is 29.2. The maximum absolute atomic E-state index is 13.7. The van der Waals surface area contributed by atoms with Crippen molar-refractivity contribution in [3.63, 3.8) is 0 Å². The Hall–Kier alpha value is -6.56. The topological polar surface area (TPSA) is 149 Å². The minimum Gasteiger partial charge on any atom is -0.508 e. The Labute approximate surface area is 306 Å². The molecule has 12 heteroatoms. The number of benzene rings is 4. The molecule has 8 rings (SSSR count). The summed E-state index contributed by atoms with van der Waals surface area (Å²) in [6.45, 7) is 0.592. The average Bonchev–Trinajstić information content (AvgIpc) is 3.75. The molecule has 4 aromatic rings. The monoisotopic (exact) mass is 711 g/mol. The van der Waals surface area contributed by atoms with E-state index in [2.05, 4.69) is 9.98 Å². The van der Waals surface area contributed by atoms with E-state index in [1.54, 1.807) is 58.6 Å². The number of hydrogen-bond donors (Lipinski definition) is 2. The van der Waals surface area contributed by atoms with E-state index in [4.69, 9.17) is 24.7 Å². The SMILES string of the molecule is COc1cc2c(cc1OCCCOc1cc3c(cc1OC)C(=O)N1C=C(c4ccc(O)cc4)C[C@H]1C=N3)N=CC1CC(c3ccc(N)cc3)=CN1C2=O. The molecule has 4 aliphatic rings. The lowest BCUT2D eigenvalue weighted by Gasteiger charge is -2.19. The Morgan fingerprint density at radius 2 is 1.13 bits per heavy atom. The van der Waals surface area contributed by atoms with Gasteiger partial charge in [0.2, 0.25) is 0 Å². The van der Waals surface area contributed by atoms with Crippen LogP contribution in [0.2, 0.25) is 0 Å². The van der Waals surface area contributed by atoms with Crippen molar-refractivity contribution >= 4 is 52.5 Å². The fourth-order valence-electron chi connectivity index (χ4n) is 6.94. The number of rotatable bonds is 10. The number of amides is 2. The van der Waals surface area contributed by atoms with Crippen LogP contribution in [-0.2, 0) is 0 Å². The van der Waals surface area contributed by atoms with E-state index in [-0.39, 0.29) is 29.6 Å². The molecule has 1 unspecified atom stereocenters. The third kappa shape index (κ3) is 6.43. The van der Waals surface area contributed by atoms with Crippen LogP contribution in [0.4, 0.5) is 17.1 Å². The Balaban J connectivity index is 0.913. The zero-order valence-electron chi connectivity index (χ0n) is 29.2. The van der Waals surface area contributed by atoms with Crippen LogP contribution in [0, 0.1) is 0 Å². The molecule has 2 amide bonds. The number of aromatic hydroxyl groups is 1. The van der Waals surface area contributed by atoms with Gasteiger partial charge in [-0.2, -0.15) is 0 Å². The normalized spacial score (nSPS) is 18.3. The van der Waals surface area contributed by atoms with Crippen LogP contribution in [0.1, 0.15) is 51.1 Å². The second kappa shape index (κ2) is 13.9. The van der Waals surface area contributed by atoms with Gasteiger partial charge in [-0.3, -0.25) is 19.6 Å². The summed E-state index contributed by atoms with van der Waals surface area (Å²) in [7, 11) is 3.06. The molecule has 0 saturated heterocycles. The second-order valence-corrected chi connectivity index (χ2v) is 13.1. The first-order chi connectivity index (χ1) is 25.8. The Kier molecular flexibility index (Phi) is 8.79. The van der Waals surface area contributed by atoms with Crippen molar-refractivity contribution in [3.05, 3.63) is 107 Å². The molecule has 0 aliphatic carbocycles. The lowest BCUT2D eigenvalue weighted by molar-refractivity contribution is 0.0809. The van der Waals surface area contributed by atoms with Crippen molar-refractivity contribution in [1.29, 1.82) is 0 Å². The highest BCUT2D eigenvalue weighted by Gasteiger charge is 2.35. The van der Waals surface area contributed by atoms with Gasteiger partial charge in [-0.15, -0.1) is 0 Å². The number of carbonyl (C=O) groups excluding carboxylic acids is 2. The van der Waals surface area contributed by atoms with Gasteiger partial charge in [-0.25, -0.2) is 0 Å². The molecule has 4 aromatic carbocycles. The van der Waals surface area contributed by atoms with Gasteiger partial charge in [0.1, 0.15) is 5.75 Å². The molecule has 0 bridgehead atoms. The van der Waals surface area contributed by atoms with E-state index in [0.717, 1.165) is 22.3 Å². The van der Waals surface area contributed by atoms with Crippen molar-refractivity contribution in [1.82, 2.24) is 9.80 Å². The minimum atomic E-state index is -0.234. The first-order valence-electron chi connectivity index (χ1n) is 17.3. The highest BCUT2D eigenvalue weighted by Crippen LogP contribution is 2.42. The lowest BCUT2D eigenvalue weighted by atomic mass is 10.0. The molecule has 0 spiro atoms. The first kappa shape index (κ1) is 33.6. The van der Waals surface area contributed by atoms with Crippen molar-refractivity contribution in [2.45, 2.75) is 31.3 Å². The Bertz CT molecular complexity index is 2070. The number of phenolic OH excluding ortho intramolecular Hbond substituents is 1. The highest BCUT2D eigenvalue weighted by molar-refractivity contribution is 6.06. The molecule has 0 aromatic heterocycles. The van der Waals surface area contributed by atoms with Crippen molar-refractivity contribution in [2.24, 2.45) is 9.98 Å². The number of carbonyl (C=O) groups is 2. The quantitative estimate of drug-likeness (QED) is 0.135. The number of nitrogens with zero attached hydrogens (tertiary/aromatic N) is 4. The van der Waals surface area contributed by atoms with Crippen molar-refractivity contribution in [3.8, 4) is 28.7 Å². The summed E-state index contributed by atoms with van der Waals surface area (Å²) in [5.74, 6) is 1.61. The summed E-state index contributed by atoms with van der Waals surface area (Å²) in [5.41, 5.74) is 12.4. The molecular weight excluding hydrogens is 674 g/mol. The number of phenols is 1. The predicted octanol–water partition coefficient (Wildman–Crippen LogP) is 6.78. The number of ether oxygens (including phenoxy) is 4. The highest BCUT2D eigenvalue weighted by atomic mass is 16.5. The van der Waals surface area contributed by atoms with E-state index in [1.807, 2.05) is 48.8 Å². The lowest BCUT2D eigenvalue weighted by Crippen LogP contribution is -2.32. The molecule has 0 radical (unpaired) electrons. The van der Waals surface area contributed by atoms with Crippen LogP contribution < -0.4 is 24.7 Å². The maximum atomic E-state index is 13.7. The van der Waals surface area contributed by atoms with Gasteiger partial charge < -0.3 is 39.6 Å². The Morgan fingerprint density at radius 1 is 0.679 bits per heavy atom. The molecular formula is C41H37N5O7. The van der Waals surface area contributed by atoms with Crippen LogP contribution in [-0.4, -0.2) is 78.7 Å². The summed E-state index contributed by atoms with van der Waals surface area (Å²) in [6, 6.07) is 20.9. The van der Waals surface area contributed by atoms with Gasteiger partial charge in [0.15, 0.2) is 23.0 Å². The summed E-state index contributed by atoms with van der Waals surface area (Å²) in [6.07, 6.45) is 9.08. The summed E-state index contributed by atoms with van der Waals surface area (Å²) >= 11 is 0. The van der Waals surface area contributed by atoms with Gasteiger partial charge in [-0.05, 0) is 58.7 Å². The molecule has 3 N–H and O–H groups in total. The number of hydrogen-bond acceptors (Lipinski definition) is 10. The largest absolute Gasteiger partial charge is 0.508 e. The zero-order chi connectivity index (χ0) is 36.6. The van der Waals surface area contributed by atoms with Crippen LogP contribution in [0.25, 0.3) is 11.1 Å². The van der Waals surface area contributed by atoms with Crippen molar-refractivity contribution < 1.29 is 33.6 Å². The molecule has 0 saturated carbocycles. The first-order valence-corrected chi connectivity index (χ1v) is 17.3. The van der Waals surface area contributed by atoms with Gasteiger partial charge in [-0.1, -0.05) is 24.3 Å². The average molecular weight is 712 g/mol. The van der Waals surface area contributed by atoms with E-state index in [0.29, 0.717) is 83.7 Å². The minimum absolute atomic E-state index is 0.164. The van der Waals surface area contributed by atoms with Gasteiger partial charge in [0, 0.05) is 61.9 Å². The number of nitrogens with two attached hydrogens (primary N) is 1. The molecule has 12 nitrogen and oxygen atoms in total. The van der Waals surface area contributed by atoms with Gasteiger partial charge in [0.05, 0.1) is 62.0 Å². The molecule has 268 valence electrons. The summed E-state index contributed by atoms with van der Waals surface area (Å²) in [4.78, 5) is 40.1. The fourth-order valence-corrected chi connectivity index (χ4v) is 6.94. The number of methoxy groups -OCH3 is 2. The summed E-state index contributed by atoms with van der Waals surface area (Å²) in [5, 5.41) is 9.66. The third-order valence-corrected chi connectivity index (χ3v) is 9.75. The second-order valence-electron chi connectivity index (χ2n) is 13.1. The molecule has 4 aliphatic heterocycles. The molecule has 53 heavy (non-hydrogen) atoms. The number of fused-ring (bicyclic) bond motifs is 4. The third-order valence-electron chi connectivity index (χ3n) is 9.75. The van der Waals surface area contributed by atoms with Crippen LogP contribution in [0.5, 0.6) is 28.7 Å². The van der Waals surface area contributed by atoms with Crippen LogP contribution in [0.3, 0.4) is 0 Å². The van der Waals surface area contributed by atoms with E-state index in [9.17, 15) is 14.7 Å². The van der Waals surface area contributed by atoms with Gasteiger partial charge >= 0.3 is 0 Å². The standard InChI is InChI=1S/C41H37N5O7/c1-50-36-16-32-34(43-20-29-14-26(22-45(29)40(32)48)24-4-8-28(42)9-5-24)18-38(36)52-12-3-13-53-39-19-35-33(17-37(39)51-2)41(49)46-23-27(15-30(46)21-44-35)25-6-10-31(47)11-7-25/h4-11,16-23,29-30,47H,3,12-15,42H2,1-2H3/t29?,30-/m0/s1. The molecule has 2 atom stereocenters. The van der Waals surface area contributed by atoms with Crippen LogP contribution >= 0.6 is 0 Å². The fraction of sp³-hybridized carbons (Fsp3) is 0.220. The van der Waals surface area contributed by atoms with E-state index in [1.165, 1.54) is 14.2 Å². The summed E-state index contributed by atoms with van der Waals surface area (Å²) < 4.78 is 23.4. The van der Waals surface area contributed by atoms with Crippen molar-refractivity contribution in [2.75, 3.05) is 33.2 Å². The van der Waals surface area contributed by atoms with Gasteiger partial charge in [0.25, 0.3) is 11.8 Å². The number of anilines is 1. The Morgan fingerprint density at radius 3 is 1.58 bits per heavy atom. The van der Waals surface area contributed by atoms with Crippen LogP contribution in [0.15, 0.2) is 95.2 Å². The van der Waals surface area contributed by atoms with E-state index >= 15 is 0 Å².